The van der Waals surface area contributed by atoms with Crippen molar-refractivity contribution in [1.29, 1.82) is 0 Å². The number of hydrogen-bond acceptors (Lipinski definition) is 2. The van der Waals surface area contributed by atoms with Crippen LogP contribution < -0.4 is 0 Å². The lowest BCUT2D eigenvalue weighted by Crippen LogP contribution is -2.06. The van der Waals surface area contributed by atoms with Gasteiger partial charge in [0.05, 0.1) is 0 Å². The van der Waals surface area contributed by atoms with Gasteiger partial charge in [-0.05, 0) is 17.6 Å². The molecule has 2 rings (SSSR count). The summed E-state index contributed by atoms with van der Waals surface area (Å²) in [6.45, 7) is -0.0999. The van der Waals surface area contributed by atoms with Crippen molar-refractivity contribution in [2.75, 3.05) is 6.54 Å². The summed E-state index contributed by atoms with van der Waals surface area (Å²) in [6.07, 6.45) is 14.4. The molecule has 0 radical (unpaired) electrons. The molecule has 0 saturated heterocycles. The molecule has 2 aliphatic carbocycles. The van der Waals surface area contributed by atoms with Crippen LogP contribution in [-0.2, 0) is 0 Å². The van der Waals surface area contributed by atoms with Crippen LogP contribution in [-0.4, -0.2) is 11.5 Å². The van der Waals surface area contributed by atoms with Crippen LogP contribution in [0.25, 0.3) is 0 Å². The molecule has 0 atom stereocenters. The first-order valence-electron chi connectivity index (χ1n) is 4.81. The second kappa shape index (κ2) is 4.09. The fourth-order valence-electron chi connectivity index (χ4n) is 1.71. The zero-order valence-electron chi connectivity index (χ0n) is 8.22. The van der Waals surface area contributed by atoms with Gasteiger partial charge in [0.15, 0.2) is 0 Å². The van der Waals surface area contributed by atoms with E-state index in [1.54, 1.807) is 0 Å². The van der Waals surface area contributed by atoms with Crippen LogP contribution in [0, 0.1) is 10.1 Å². The lowest BCUT2D eigenvalue weighted by molar-refractivity contribution is -0.470. The molecule has 2 aliphatic rings. The summed E-state index contributed by atoms with van der Waals surface area (Å²) in [5, 5.41) is 10.5. The Bertz CT molecular complexity index is 437. The summed E-state index contributed by atoms with van der Waals surface area (Å²) >= 11 is 0. The minimum absolute atomic E-state index is 0.0999. The maximum atomic E-state index is 10.5. The summed E-state index contributed by atoms with van der Waals surface area (Å²) in [4.78, 5) is 10.2. The molecule has 0 heterocycles. The molecule has 3 heteroatoms. The van der Waals surface area contributed by atoms with Crippen molar-refractivity contribution >= 4 is 0 Å². The fourth-order valence-corrected chi connectivity index (χ4v) is 1.71. The Morgan fingerprint density at radius 1 is 1.20 bits per heavy atom. The molecule has 0 N–H and O–H groups in total. The monoisotopic (exact) mass is 201 g/mol. The molecular weight excluding hydrogens is 190 g/mol. The second-order valence-electron chi connectivity index (χ2n) is 3.54. The highest BCUT2D eigenvalue weighted by Crippen LogP contribution is 2.25. The number of nitrogens with zero attached hydrogens (tertiary/aromatic N) is 1. The Balaban J connectivity index is 2.33. The minimum atomic E-state index is -0.288. The molecule has 0 aromatic heterocycles. The molecule has 0 fully saturated rings. The van der Waals surface area contributed by atoms with Gasteiger partial charge in [0, 0.05) is 10.5 Å². The third-order valence-electron chi connectivity index (χ3n) is 2.43. The van der Waals surface area contributed by atoms with Gasteiger partial charge in [0.2, 0.25) is 6.54 Å². The number of hydrogen-bond donors (Lipinski definition) is 0. The van der Waals surface area contributed by atoms with Crippen LogP contribution in [0.15, 0.2) is 59.3 Å². The lowest BCUT2D eigenvalue weighted by atomic mass is 10.0. The van der Waals surface area contributed by atoms with E-state index in [-0.39, 0.29) is 11.5 Å². The van der Waals surface area contributed by atoms with Crippen LogP contribution >= 0.6 is 0 Å². The van der Waals surface area contributed by atoms with Gasteiger partial charge >= 0.3 is 0 Å². The molecule has 3 nitrogen and oxygen atoms in total. The summed E-state index contributed by atoms with van der Waals surface area (Å²) in [5.74, 6) is 0. The summed E-state index contributed by atoms with van der Waals surface area (Å²) in [7, 11) is 0. The highest BCUT2D eigenvalue weighted by Gasteiger charge is 2.14. The molecule has 0 amide bonds. The van der Waals surface area contributed by atoms with Crippen LogP contribution in [0.5, 0.6) is 0 Å². The lowest BCUT2D eigenvalue weighted by Gasteiger charge is -2.05. The topological polar surface area (TPSA) is 43.1 Å². The van der Waals surface area contributed by atoms with Gasteiger partial charge in [-0.25, -0.2) is 0 Å². The first kappa shape index (κ1) is 9.65. The average molecular weight is 201 g/mol. The smallest absolute Gasteiger partial charge is 0.229 e. The Kier molecular flexibility index (Phi) is 2.63. The number of rotatable bonds is 2. The van der Waals surface area contributed by atoms with E-state index in [9.17, 15) is 10.1 Å². The van der Waals surface area contributed by atoms with E-state index in [0.717, 1.165) is 17.6 Å². The second-order valence-corrected chi connectivity index (χ2v) is 3.54. The van der Waals surface area contributed by atoms with Crippen molar-refractivity contribution in [2.24, 2.45) is 0 Å². The van der Waals surface area contributed by atoms with Gasteiger partial charge in [-0.2, -0.15) is 0 Å². The van der Waals surface area contributed by atoms with Crippen molar-refractivity contribution in [1.82, 2.24) is 0 Å². The van der Waals surface area contributed by atoms with Gasteiger partial charge in [-0.15, -0.1) is 0 Å². The van der Waals surface area contributed by atoms with E-state index >= 15 is 0 Å². The third kappa shape index (κ3) is 2.31. The van der Waals surface area contributed by atoms with Crippen molar-refractivity contribution in [3.8, 4) is 0 Å². The van der Waals surface area contributed by atoms with E-state index in [1.807, 2.05) is 42.5 Å². The molecule has 2 bridgehead atoms. The Morgan fingerprint density at radius 3 is 2.80 bits per heavy atom. The Morgan fingerprint density at radius 2 is 2.00 bits per heavy atom. The van der Waals surface area contributed by atoms with Crippen LogP contribution in [0.2, 0.25) is 0 Å². The normalized spacial score (nSPS) is 18.5. The summed E-state index contributed by atoms with van der Waals surface area (Å²) in [5.41, 5.74) is 3.02. The number of allylic oxidation sites excluding steroid dienone is 8. The SMILES string of the molecule is O=[N+]([O-])CC1=CC=CC2=CC=CC=C1C2. The van der Waals surface area contributed by atoms with Crippen LogP contribution in [0.3, 0.4) is 0 Å². The van der Waals surface area contributed by atoms with Crippen molar-refractivity contribution in [3.05, 3.63) is 69.4 Å². The van der Waals surface area contributed by atoms with E-state index in [1.165, 1.54) is 5.57 Å². The van der Waals surface area contributed by atoms with E-state index < -0.39 is 0 Å². The largest absolute Gasteiger partial charge is 0.264 e. The molecule has 0 aromatic rings. The average Bonchev–Trinajstić information content (AvgIpc) is 2.50. The quantitative estimate of drug-likeness (QED) is 0.509. The van der Waals surface area contributed by atoms with Crippen molar-refractivity contribution in [2.45, 2.75) is 6.42 Å². The maximum Gasteiger partial charge on any atom is 0.229 e. The zero-order chi connectivity index (χ0) is 10.7. The predicted molar refractivity (Wildman–Crippen MR) is 59.0 cm³/mol. The highest BCUT2D eigenvalue weighted by molar-refractivity contribution is 5.47. The first-order valence-corrected chi connectivity index (χ1v) is 4.81. The van der Waals surface area contributed by atoms with Gasteiger partial charge in [-0.3, -0.25) is 10.1 Å². The maximum absolute atomic E-state index is 10.5. The van der Waals surface area contributed by atoms with Crippen molar-refractivity contribution in [3.63, 3.8) is 0 Å². The number of fused-ring (bicyclic) bond motifs is 2. The summed E-state index contributed by atoms with van der Waals surface area (Å²) < 4.78 is 0. The molecule has 0 unspecified atom stereocenters. The van der Waals surface area contributed by atoms with Crippen LogP contribution in [0.1, 0.15) is 6.42 Å². The van der Waals surface area contributed by atoms with Gasteiger partial charge < -0.3 is 0 Å². The zero-order valence-corrected chi connectivity index (χ0v) is 8.22. The van der Waals surface area contributed by atoms with E-state index in [4.69, 9.17) is 0 Å². The van der Waals surface area contributed by atoms with Crippen LogP contribution in [0.4, 0.5) is 0 Å². The Labute approximate surface area is 87.9 Å². The van der Waals surface area contributed by atoms with E-state index in [2.05, 4.69) is 0 Å². The standard InChI is InChI=1S/C12H11NO2/c14-13(15)9-12-7-3-5-10-4-1-2-6-11(12)8-10/h1-7H,8-9H2. The molecule has 0 aromatic carbocycles. The van der Waals surface area contributed by atoms with Gasteiger partial charge in [0.1, 0.15) is 0 Å². The molecule has 0 spiro atoms. The molecule has 0 saturated carbocycles. The van der Waals surface area contributed by atoms with E-state index in [0.29, 0.717) is 0 Å². The molecule has 76 valence electrons. The van der Waals surface area contributed by atoms with Gasteiger partial charge in [-0.1, -0.05) is 42.5 Å². The highest BCUT2D eigenvalue weighted by atomic mass is 16.6. The summed E-state index contributed by atoms with van der Waals surface area (Å²) in [6, 6.07) is 0. The molecule has 0 aliphatic heterocycles. The molecular formula is C12H11NO2. The first-order chi connectivity index (χ1) is 7.25. The predicted octanol–water partition coefficient (Wildman–Crippen LogP) is 2.57. The minimum Gasteiger partial charge on any atom is -0.264 e. The fraction of sp³-hybridized carbons (Fsp3) is 0.167. The molecule has 15 heavy (non-hydrogen) atoms. The van der Waals surface area contributed by atoms with Crippen molar-refractivity contribution < 1.29 is 4.92 Å². The number of nitro groups is 1. The Hall–Kier alpha value is -1.90. The van der Waals surface area contributed by atoms with Gasteiger partial charge in [0.25, 0.3) is 0 Å². The third-order valence-corrected chi connectivity index (χ3v) is 2.43.